The number of aromatic nitrogens is 2. The fourth-order valence-electron chi connectivity index (χ4n) is 1.33. The van der Waals surface area contributed by atoms with Gasteiger partial charge < -0.3 is 20.0 Å². The van der Waals surface area contributed by atoms with Crippen LogP contribution in [-0.4, -0.2) is 38.9 Å². The lowest BCUT2D eigenvalue weighted by atomic mass is 10.3. The summed E-state index contributed by atoms with van der Waals surface area (Å²) in [6.07, 6.45) is 3.88. The molecule has 7 nitrogen and oxygen atoms in total. The normalized spacial score (nSPS) is 12.2. The number of allylic oxidation sites excluding steroid dienone is 1. The maximum absolute atomic E-state index is 10.6. The van der Waals surface area contributed by atoms with Crippen LogP contribution in [0.1, 0.15) is 13.8 Å². The van der Waals surface area contributed by atoms with E-state index in [0.29, 0.717) is 6.61 Å². The van der Waals surface area contributed by atoms with Gasteiger partial charge in [-0.2, -0.15) is 0 Å². The molecule has 1 aromatic rings. The molecule has 1 N–H and O–H groups in total. The molecule has 0 spiro atoms. The highest BCUT2D eigenvalue weighted by atomic mass is 16.6. The smallest absolute Gasteiger partial charge is 0.390 e. The standard InChI is InChI=1S/C11H17N3O4/c1-9(2)3-6-18-8-10(15)7-13-5-4-12-11(13)14(16)17/h3-5,10,15H,6-8H2,1-2H3. The Bertz CT molecular complexity index is 424. The summed E-state index contributed by atoms with van der Waals surface area (Å²) >= 11 is 0. The number of nitro groups is 1. The third kappa shape index (κ3) is 4.64. The Hall–Kier alpha value is -1.73. The van der Waals surface area contributed by atoms with Crippen LogP contribution >= 0.6 is 0 Å². The Balaban J connectivity index is 2.40. The first-order valence-corrected chi connectivity index (χ1v) is 5.55. The Morgan fingerprint density at radius 2 is 2.44 bits per heavy atom. The van der Waals surface area contributed by atoms with Gasteiger partial charge in [0.1, 0.15) is 18.5 Å². The van der Waals surface area contributed by atoms with Crippen LogP contribution < -0.4 is 0 Å². The van der Waals surface area contributed by atoms with E-state index in [-0.39, 0.29) is 19.1 Å². The van der Waals surface area contributed by atoms with Crippen LogP contribution in [0.2, 0.25) is 0 Å². The third-order valence-corrected chi connectivity index (χ3v) is 2.18. The number of rotatable bonds is 7. The van der Waals surface area contributed by atoms with E-state index in [9.17, 15) is 15.2 Å². The summed E-state index contributed by atoms with van der Waals surface area (Å²) in [5, 5.41) is 20.3. The quantitative estimate of drug-likeness (QED) is 0.341. The van der Waals surface area contributed by atoms with Crippen LogP contribution in [0.4, 0.5) is 5.95 Å². The summed E-state index contributed by atoms with van der Waals surface area (Å²) < 4.78 is 6.51. The second-order valence-electron chi connectivity index (χ2n) is 4.11. The second-order valence-corrected chi connectivity index (χ2v) is 4.11. The lowest BCUT2D eigenvalue weighted by Crippen LogP contribution is -2.22. The van der Waals surface area contributed by atoms with E-state index in [4.69, 9.17) is 4.74 Å². The summed E-state index contributed by atoms with van der Waals surface area (Å²) in [6, 6.07) is 0. The molecule has 0 bridgehead atoms. The SMILES string of the molecule is CC(C)=CCOCC(O)Cn1ccnc1[N+](=O)[O-]. The van der Waals surface area contributed by atoms with Crippen molar-refractivity contribution < 1.29 is 14.8 Å². The molecule has 100 valence electrons. The fourth-order valence-corrected chi connectivity index (χ4v) is 1.33. The van der Waals surface area contributed by atoms with Crippen molar-refractivity contribution in [3.8, 4) is 0 Å². The van der Waals surface area contributed by atoms with Crippen molar-refractivity contribution in [1.82, 2.24) is 9.55 Å². The predicted octanol–water partition coefficient (Wildman–Crippen LogP) is 1.14. The summed E-state index contributed by atoms with van der Waals surface area (Å²) in [5.41, 5.74) is 1.13. The summed E-state index contributed by atoms with van der Waals surface area (Å²) in [5.74, 6) is -0.279. The first kappa shape index (κ1) is 14.3. The van der Waals surface area contributed by atoms with Crippen LogP contribution in [0.25, 0.3) is 0 Å². The minimum Gasteiger partial charge on any atom is -0.390 e. The van der Waals surface area contributed by atoms with Crippen molar-refractivity contribution in [3.05, 3.63) is 34.2 Å². The molecule has 0 radical (unpaired) electrons. The molecule has 0 fully saturated rings. The number of aliphatic hydroxyl groups excluding tert-OH is 1. The van der Waals surface area contributed by atoms with Gasteiger partial charge in [-0.25, -0.2) is 4.57 Å². The Labute approximate surface area is 105 Å². The van der Waals surface area contributed by atoms with Crippen LogP contribution in [0.5, 0.6) is 0 Å². The predicted molar refractivity (Wildman–Crippen MR) is 65.1 cm³/mol. The maximum atomic E-state index is 10.6. The van der Waals surface area contributed by atoms with Gasteiger partial charge in [0.25, 0.3) is 0 Å². The zero-order valence-electron chi connectivity index (χ0n) is 10.4. The monoisotopic (exact) mass is 255 g/mol. The van der Waals surface area contributed by atoms with Gasteiger partial charge in [0.15, 0.2) is 0 Å². The average molecular weight is 255 g/mol. The Kier molecular flexibility index (Phi) is 5.47. The van der Waals surface area contributed by atoms with Crippen molar-refractivity contribution in [3.63, 3.8) is 0 Å². The highest BCUT2D eigenvalue weighted by Gasteiger charge is 2.17. The highest BCUT2D eigenvalue weighted by molar-refractivity contribution is 5.06. The van der Waals surface area contributed by atoms with E-state index in [1.807, 2.05) is 19.9 Å². The molecule has 1 aromatic heterocycles. The molecular formula is C11H17N3O4. The summed E-state index contributed by atoms with van der Waals surface area (Å²) in [4.78, 5) is 13.6. The van der Waals surface area contributed by atoms with Gasteiger partial charge in [-0.15, -0.1) is 0 Å². The lowest BCUT2D eigenvalue weighted by Gasteiger charge is -2.09. The number of hydrogen-bond acceptors (Lipinski definition) is 5. The van der Waals surface area contributed by atoms with Gasteiger partial charge in [0.2, 0.25) is 0 Å². The zero-order chi connectivity index (χ0) is 13.5. The van der Waals surface area contributed by atoms with Gasteiger partial charge in [0.05, 0.1) is 19.8 Å². The van der Waals surface area contributed by atoms with Crippen LogP contribution in [0, 0.1) is 10.1 Å². The van der Waals surface area contributed by atoms with E-state index >= 15 is 0 Å². The first-order chi connectivity index (χ1) is 8.50. The number of imidazole rings is 1. The van der Waals surface area contributed by atoms with Crippen molar-refractivity contribution in [1.29, 1.82) is 0 Å². The number of aliphatic hydroxyl groups is 1. The molecule has 0 aliphatic heterocycles. The molecule has 1 unspecified atom stereocenters. The first-order valence-electron chi connectivity index (χ1n) is 5.55. The minimum absolute atomic E-state index is 0.0884. The van der Waals surface area contributed by atoms with Gasteiger partial charge in [-0.05, 0) is 18.8 Å². The Morgan fingerprint density at radius 3 is 3.06 bits per heavy atom. The van der Waals surface area contributed by atoms with E-state index in [0.717, 1.165) is 5.57 Å². The number of nitrogens with zero attached hydrogens (tertiary/aromatic N) is 3. The van der Waals surface area contributed by atoms with E-state index in [1.54, 1.807) is 0 Å². The molecular weight excluding hydrogens is 238 g/mol. The molecule has 7 heteroatoms. The van der Waals surface area contributed by atoms with Gasteiger partial charge in [-0.1, -0.05) is 16.6 Å². The largest absolute Gasteiger partial charge is 0.434 e. The van der Waals surface area contributed by atoms with Gasteiger partial charge in [0, 0.05) is 0 Å². The molecule has 1 heterocycles. The van der Waals surface area contributed by atoms with E-state index in [2.05, 4.69) is 4.98 Å². The summed E-state index contributed by atoms with van der Waals surface area (Å²) in [7, 11) is 0. The number of ether oxygens (including phenoxy) is 1. The van der Waals surface area contributed by atoms with Crippen LogP contribution in [-0.2, 0) is 11.3 Å². The zero-order valence-corrected chi connectivity index (χ0v) is 10.4. The molecule has 18 heavy (non-hydrogen) atoms. The average Bonchev–Trinajstić information content (AvgIpc) is 2.72. The molecule has 0 aliphatic carbocycles. The number of hydrogen-bond donors (Lipinski definition) is 1. The fraction of sp³-hybridized carbons (Fsp3) is 0.545. The molecule has 1 rings (SSSR count). The lowest BCUT2D eigenvalue weighted by molar-refractivity contribution is -0.397. The maximum Gasteiger partial charge on any atom is 0.434 e. The summed E-state index contributed by atoms with van der Waals surface area (Å²) in [6.45, 7) is 4.54. The third-order valence-electron chi connectivity index (χ3n) is 2.18. The van der Waals surface area contributed by atoms with E-state index < -0.39 is 11.0 Å². The van der Waals surface area contributed by atoms with E-state index in [1.165, 1.54) is 17.0 Å². The molecule has 0 saturated heterocycles. The van der Waals surface area contributed by atoms with Crippen molar-refractivity contribution in [2.75, 3.05) is 13.2 Å². The van der Waals surface area contributed by atoms with Crippen molar-refractivity contribution >= 4 is 5.95 Å². The van der Waals surface area contributed by atoms with Crippen molar-refractivity contribution in [2.24, 2.45) is 0 Å². The Morgan fingerprint density at radius 1 is 1.72 bits per heavy atom. The second kappa shape index (κ2) is 6.87. The molecule has 0 aliphatic rings. The molecule has 0 aromatic carbocycles. The van der Waals surface area contributed by atoms with Crippen LogP contribution in [0.15, 0.2) is 24.0 Å². The molecule has 1 atom stereocenters. The van der Waals surface area contributed by atoms with Crippen molar-refractivity contribution in [2.45, 2.75) is 26.5 Å². The highest BCUT2D eigenvalue weighted by Crippen LogP contribution is 2.08. The molecule has 0 saturated carbocycles. The van der Waals surface area contributed by atoms with Crippen LogP contribution in [0.3, 0.4) is 0 Å². The van der Waals surface area contributed by atoms with Gasteiger partial charge in [-0.3, -0.25) is 0 Å². The topological polar surface area (TPSA) is 90.4 Å². The minimum atomic E-state index is -0.802. The molecule has 0 amide bonds. The van der Waals surface area contributed by atoms with Gasteiger partial charge >= 0.3 is 5.95 Å².